The zero-order valence-corrected chi connectivity index (χ0v) is 17.7. The minimum atomic E-state index is 0.117. The van der Waals surface area contributed by atoms with Gasteiger partial charge in [-0.25, -0.2) is 4.98 Å². The van der Waals surface area contributed by atoms with E-state index in [-0.39, 0.29) is 5.91 Å². The van der Waals surface area contributed by atoms with Crippen LogP contribution in [0.5, 0.6) is 11.6 Å². The molecule has 1 aliphatic heterocycles. The van der Waals surface area contributed by atoms with Crippen LogP contribution in [-0.4, -0.2) is 38.8 Å². The van der Waals surface area contributed by atoms with Crippen LogP contribution in [0.1, 0.15) is 18.9 Å². The number of carbonyl (C=O) groups excluding carboxylic acids is 1. The van der Waals surface area contributed by atoms with E-state index in [4.69, 9.17) is 4.74 Å². The quantitative estimate of drug-likeness (QED) is 0.457. The molecule has 6 heteroatoms. The van der Waals surface area contributed by atoms with Crippen LogP contribution in [0.4, 0.5) is 0 Å². The van der Waals surface area contributed by atoms with E-state index in [9.17, 15) is 4.79 Å². The van der Waals surface area contributed by atoms with E-state index in [1.165, 1.54) is 5.57 Å². The van der Waals surface area contributed by atoms with Crippen molar-refractivity contribution >= 4 is 22.4 Å². The average Bonchev–Trinajstić information content (AvgIpc) is 2.85. The van der Waals surface area contributed by atoms with E-state index < -0.39 is 0 Å². The molecule has 2 aromatic heterocycles. The first-order chi connectivity index (χ1) is 15.7. The molecule has 0 N–H and O–H groups in total. The average molecular weight is 422 g/mol. The van der Waals surface area contributed by atoms with Crippen LogP contribution in [0.3, 0.4) is 0 Å². The second kappa shape index (κ2) is 8.59. The zero-order chi connectivity index (χ0) is 21.9. The second-order valence-corrected chi connectivity index (χ2v) is 7.68. The standard InChI is InChI=1S/C26H22N4O2/c1-18(31)30-15-12-20(13-16-30)19-8-10-22(11-9-19)32-26-23-6-2-3-7-24(23)28-25(29-26)21-5-4-14-27-17-21/h2-12,14,17H,13,15-16H2,1H3. The molecule has 0 spiro atoms. The smallest absolute Gasteiger partial charge is 0.230 e. The first-order valence-electron chi connectivity index (χ1n) is 10.6. The fourth-order valence-corrected chi connectivity index (χ4v) is 3.82. The van der Waals surface area contributed by atoms with Crippen molar-refractivity contribution in [1.29, 1.82) is 0 Å². The summed E-state index contributed by atoms with van der Waals surface area (Å²) in [5.41, 5.74) is 4.04. The van der Waals surface area contributed by atoms with Crippen molar-refractivity contribution in [1.82, 2.24) is 19.9 Å². The van der Waals surface area contributed by atoms with Gasteiger partial charge in [-0.15, -0.1) is 0 Å². The van der Waals surface area contributed by atoms with Crippen LogP contribution >= 0.6 is 0 Å². The van der Waals surface area contributed by atoms with Crippen molar-refractivity contribution in [3.05, 3.63) is 84.7 Å². The van der Waals surface area contributed by atoms with Crippen molar-refractivity contribution in [3.8, 4) is 23.0 Å². The van der Waals surface area contributed by atoms with Crippen molar-refractivity contribution in [2.24, 2.45) is 0 Å². The summed E-state index contributed by atoms with van der Waals surface area (Å²) >= 11 is 0. The topological polar surface area (TPSA) is 68.2 Å². The summed E-state index contributed by atoms with van der Waals surface area (Å²) in [5.74, 6) is 1.91. The molecule has 2 aromatic carbocycles. The van der Waals surface area contributed by atoms with E-state index in [0.29, 0.717) is 24.0 Å². The molecular weight excluding hydrogens is 400 g/mol. The summed E-state index contributed by atoms with van der Waals surface area (Å²) in [7, 11) is 0. The predicted octanol–water partition coefficient (Wildman–Crippen LogP) is 5.12. The first-order valence-corrected chi connectivity index (χ1v) is 10.6. The SMILES string of the molecule is CC(=O)N1CC=C(c2ccc(Oc3nc(-c4cccnc4)nc4ccccc34)cc2)CC1. The molecule has 0 fully saturated rings. The van der Waals surface area contributed by atoms with E-state index in [1.54, 1.807) is 19.3 Å². The van der Waals surface area contributed by atoms with Gasteiger partial charge >= 0.3 is 0 Å². The summed E-state index contributed by atoms with van der Waals surface area (Å²) in [5, 5.41) is 0.850. The molecule has 4 aromatic rings. The number of pyridine rings is 1. The van der Waals surface area contributed by atoms with Gasteiger partial charge in [0.25, 0.3) is 0 Å². The lowest BCUT2D eigenvalue weighted by atomic mass is 9.99. The fraction of sp³-hybridized carbons (Fsp3) is 0.154. The van der Waals surface area contributed by atoms with Crippen molar-refractivity contribution in [2.75, 3.05) is 13.1 Å². The van der Waals surface area contributed by atoms with Crippen molar-refractivity contribution in [3.63, 3.8) is 0 Å². The van der Waals surface area contributed by atoms with Crippen LogP contribution in [0.25, 0.3) is 27.9 Å². The monoisotopic (exact) mass is 422 g/mol. The molecule has 1 aliphatic rings. The normalized spacial score (nSPS) is 13.7. The highest BCUT2D eigenvalue weighted by atomic mass is 16.5. The lowest BCUT2D eigenvalue weighted by Crippen LogP contribution is -2.32. The Labute approximate surface area is 186 Å². The number of hydrogen-bond acceptors (Lipinski definition) is 5. The molecular formula is C26H22N4O2. The zero-order valence-electron chi connectivity index (χ0n) is 17.7. The van der Waals surface area contributed by atoms with E-state index in [1.807, 2.05) is 53.4 Å². The highest BCUT2D eigenvalue weighted by Gasteiger charge is 2.15. The maximum Gasteiger partial charge on any atom is 0.230 e. The van der Waals surface area contributed by atoms with Gasteiger partial charge in [-0.05, 0) is 54.0 Å². The largest absolute Gasteiger partial charge is 0.438 e. The van der Waals surface area contributed by atoms with Gasteiger partial charge in [0, 0.05) is 38.0 Å². The molecule has 32 heavy (non-hydrogen) atoms. The Morgan fingerprint density at radius 2 is 1.81 bits per heavy atom. The third kappa shape index (κ3) is 4.07. The lowest BCUT2D eigenvalue weighted by molar-refractivity contribution is -0.128. The van der Waals surface area contributed by atoms with Gasteiger partial charge in [0.2, 0.25) is 11.8 Å². The van der Waals surface area contributed by atoms with Gasteiger partial charge in [-0.1, -0.05) is 30.3 Å². The number of aromatic nitrogens is 3. The van der Waals surface area contributed by atoms with Gasteiger partial charge in [-0.3, -0.25) is 9.78 Å². The number of amides is 1. The van der Waals surface area contributed by atoms with Crippen LogP contribution in [0, 0.1) is 0 Å². The second-order valence-electron chi connectivity index (χ2n) is 7.68. The Morgan fingerprint density at radius 3 is 2.53 bits per heavy atom. The number of carbonyl (C=O) groups is 1. The molecule has 158 valence electrons. The van der Waals surface area contributed by atoms with Crippen LogP contribution in [0.2, 0.25) is 0 Å². The maximum atomic E-state index is 11.5. The highest BCUT2D eigenvalue weighted by Crippen LogP contribution is 2.31. The number of ether oxygens (including phenoxy) is 1. The summed E-state index contributed by atoms with van der Waals surface area (Å²) in [6.07, 6.45) is 6.44. The Hall–Kier alpha value is -4.06. The van der Waals surface area contributed by atoms with E-state index in [0.717, 1.165) is 35.0 Å². The van der Waals surface area contributed by atoms with Crippen molar-refractivity contribution < 1.29 is 9.53 Å². The molecule has 0 saturated heterocycles. The number of nitrogens with zero attached hydrogens (tertiary/aromatic N) is 4. The maximum absolute atomic E-state index is 11.5. The molecule has 0 bridgehead atoms. The summed E-state index contributed by atoms with van der Waals surface area (Å²) in [6, 6.07) is 19.6. The lowest BCUT2D eigenvalue weighted by Gasteiger charge is -2.25. The molecule has 5 rings (SSSR count). The minimum Gasteiger partial charge on any atom is -0.438 e. The Morgan fingerprint density at radius 1 is 0.969 bits per heavy atom. The van der Waals surface area contributed by atoms with Crippen LogP contribution < -0.4 is 4.74 Å². The Balaban J connectivity index is 1.43. The van der Waals surface area contributed by atoms with Crippen LogP contribution in [-0.2, 0) is 4.79 Å². The van der Waals surface area contributed by atoms with Gasteiger partial charge in [-0.2, -0.15) is 4.98 Å². The Kier molecular flexibility index (Phi) is 5.34. The number of hydrogen-bond donors (Lipinski definition) is 0. The van der Waals surface area contributed by atoms with Crippen LogP contribution in [0.15, 0.2) is 79.1 Å². The molecule has 0 saturated carbocycles. The van der Waals surface area contributed by atoms with E-state index >= 15 is 0 Å². The highest BCUT2D eigenvalue weighted by molar-refractivity contribution is 5.85. The predicted molar refractivity (Wildman–Crippen MR) is 124 cm³/mol. The van der Waals surface area contributed by atoms with Crippen molar-refractivity contribution in [2.45, 2.75) is 13.3 Å². The van der Waals surface area contributed by atoms with Gasteiger partial charge in [0.15, 0.2) is 5.82 Å². The number of benzene rings is 2. The molecule has 0 atom stereocenters. The number of para-hydroxylation sites is 1. The summed E-state index contributed by atoms with van der Waals surface area (Å²) < 4.78 is 6.20. The summed E-state index contributed by atoms with van der Waals surface area (Å²) in [6.45, 7) is 3.03. The number of rotatable bonds is 4. The molecule has 0 aliphatic carbocycles. The summed E-state index contributed by atoms with van der Waals surface area (Å²) in [4.78, 5) is 26.9. The molecule has 0 radical (unpaired) electrons. The molecule has 1 amide bonds. The third-order valence-electron chi connectivity index (χ3n) is 5.58. The van der Waals surface area contributed by atoms with Gasteiger partial charge in [0.05, 0.1) is 10.9 Å². The minimum absolute atomic E-state index is 0.117. The van der Waals surface area contributed by atoms with Gasteiger partial charge in [0.1, 0.15) is 5.75 Å². The van der Waals surface area contributed by atoms with E-state index in [2.05, 4.69) is 33.2 Å². The molecule has 6 nitrogen and oxygen atoms in total. The van der Waals surface area contributed by atoms with Gasteiger partial charge < -0.3 is 9.64 Å². The fourth-order valence-electron chi connectivity index (χ4n) is 3.82. The molecule has 0 unspecified atom stereocenters. The third-order valence-corrected chi connectivity index (χ3v) is 5.58. The number of fused-ring (bicyclic) bond motifs is 1. The molecule has 3 heterocycles. The first kappa shape index (κ1) is 19.9. The Bertz CT molecular complexity index is 1300.